The van der Waals surface area contributed by atoms with Gasteiger partial charge in [-0.1, -0.05) is 6.08 Å². The molecule has 0 radical (unpaired) electrons. The van der Waals surface area contributed by atoms with Gasteiger partial charge in [-0.05, 0) is 19.3 Å². The molecular formula is C15H22N2O2S. The van der Waals surface area contributed by atoms with E-state index in [9.17, 15) is 4.79 Å². The number of hydrogen-bond donors (Lipinski definition) is 0. The second-order valence-electron chi connectivity index (χ2n) is 5.02. The summed E-state index contributed by atoms with van der Waals surface area (Å²) in [4.78, 5) is 18.5. The van der Waals surface area contributed by atoms with Gasteiger partial charge in [-0.3, -0.25) is 4.79 Å². The number of rotatable bonds is 7. The Morgan fingerprint density at radius 1 is 1.65 bits per heavy atom. The fraction of sp³-hybridized carbons (Fsp3) is 0.600. The lowest BCUT2D eigenvalue weighted by molar-refractivity contribution is -0.132. The molecule has 4 nitrogen and oxygen atoms in total. The van der Waals surface area contributed by atoms with Crippen LogP contribution in [0.1, 0.15) is 36.6 Å². The molecule has 1 amide bonds. The largest absolute Gasteiger partial charge is 0.377 e. The maximum Gasteiger partial charge on any atom is 0.222 e. The van der Waals surface area contributed by atoms with Gasteiger partial charge in [0.05, 0.1) is 11.6 Å². The highest BCUT2D eigenvalue weighted by atomic mass is 32.1. The Bertz CT molecular complexity index is 420. The van der Waals surface area contributed by atoms with Gasteiger partial charge in [0.25, 0.3) is 0 Å². The van der Waals surface area contributed by atoms with Crippen molar-refractivity contribution in [2.75, 3.05) is 26.3 Å². The van der Waals surface area contributed by atoms with Crippen LogP contribution in [0, 0.1) is 0 Å². The van der Waals surface area contributed by atoms with Crippen molar-refractivity contribution in [3.05, 3.63) is 29.2 Å². The van der Waals surface area contributed by atoms with E-state index in [1.54, 1.807) is 17.4 Å². The van der Waals surface area contributed by atoms with Gasteiger partial charge in [-0.25, -0.2) is 4.98 Å². The van der Waals surface area contributed by atoms with Gasteiger partial charge >= 0.3 is 0 Å². The van der Waals surface area contributed by atoms with E-state index in [-0.39, 0.29) is 5.91 Å². The lowest BCUT2D eigenvalue weighted by Gasteiger charge is -2.32. The molecule has 20 heavy (non-hydrogen) atoms. The predicted molar refractivity (Wildman–Crippen MR) is 80.9 cm³/mol. The number of carbonyl (C=O) groups is 1. The zero-order valence-electron chi connectivity index (χ0n) is 11.8. The minimum atomic E-state index is 0.244. The average molecular weight is 294 g/mol. The van der Waals surface area contributed by atoms with E-state index >= 15 is 0 Å². The molecule has 0 aromatic carbocycles. The Kier molecular flexibility index (Phi) is 6.21. The zero-order chi connectivity index (χ0) is 14.2. The lowest BCUT2D eigenvalue weighted by atomic mass is 9.98. The molecule has 0 aliphatic carbocycles. The van der Waals surface area contributed by atoms with Gasteiger partial charge in [0, 0.05) is 43.6 Å². The Labute approximate surface area is 124 Å². The van der Waals surface area contributed by atoms with Crippen LogP contribution in [0.2, 0.25) is 0 Å². The first kappa shape index (κ1) is 15.2. The monoisotopic (exact) mass is 294 g/mol. The quantitative estimate of drug-likeness (QED) is 0.573. The highest BCUT2D eigenvalue weighted by Gasteiger charge is 2.25. The number of ether oxygens (including phenoxy) is 1. The summed E-state index contributed by atoms with van der Waals surface area (Å²) in [7, 11) is 0. The van der Waals surface area contributed by atoms with E-state index in [4.69, 9.17) is 4.74 Å². The first-order valence-corrected chi connectivity index (χ1v) is 8.05. The van der Waals surface area contributed by atoms with E-state index in [1.807, 2.05) is 16.5 Å². The number of piperidine rings is 1. The first-order valence-electron chi connectivity index (χ1n) is 7.17. The van der Waals surface area contributed by atoms with E-state index in [2.05, 4.69) is 11.6 Å². The normalized spacial score (nSPS) is 19.0. The summed E-state index contributed by atoms with van der Waals surface area (Å²) in [5.41, 5.74) is 0. The van der Waals surface area contributed by atoms with E-state index in [1.165, 1.54) is 0 Å². The van der Waals surface area contributed by atoms with Crippen LogP contribution in [-0.4, -0.2) is 42.1 Å². The summed E-state index contributed by atoms with van der Waals surface area (Å²) in [6.45, 7) is 6.48. The van der Waals surface area contributed by atoms with Gasteiger partial charge < -0.3 is 9.64 Å². The minimum absolute atomic E-state index is 0.244. The Morgan fingerprint density at radius 3 is 3.30 bits per heavy atom. The molecule has 0 spiro atoms. The number of thiazole rings is 1. The van der Waals surface area contributed by atoms with Crippen LogP contribution in [0.25, 0.3) is 0 Å². The van der Waals surface area contributed by atoms with Crippen molar-refractivity contribution in [2.24, 2.45) is 0 Å². The molecule has 2 heterocycles. The van der Waals surface area contributed by atoms with Gasteiger partial charge in [-0.15, -0.1) is 17.9 Å². The van der Waals surface area contributed by atoms with Crippen LogP contribution in [0.4, 0.5) is 0 Å². The zero-order valence-corrected chi connectivity index (χ0v) is 12.6. The molecule has 0 N–H and O–H groups in total. The van der Waals surface area contributed by atoms with Crippen LogP contribution in [-0.2, 0) is 9.53 Å². The van der Waals surface area contributed by atoms with Crippen molar-refractivity contribution in [2.45, 2.75) is 31.6 Å². The van der Waals surface area contributed by atoms with Crippen LogP contribution in [0.3, 0.4) is 0 Å². The highest BCUT2D eigenvalue weighted by molar-refractivity contribution is 7.09. The molecule has 1 saturated heterocycles. The number of likely N-dealkylation sites (tertiary alicyclic amines) is 1. The molecule has 0 bridgehead atoms. The summed E-state index contributed by atoms with van der Waals surface area (Å²) < 4.78 is 5.30. The molecule has 1 atom stereocenters. The maximum absolute atomic E-state index is 12.2. The second kappa shape index (κ2) is 8.17. The Morgan fingerprint density at radius 2 is 2.55 bits per heavy atom. The number of carbonyl (C=O) groups excluding carboxylic acids is 1. The Balaban J connectivity index is 1.74. The first-order chi connectivity index (χ1) is 9.81. The van der Waals surface area contributed by atoms with Gasteiger partial charge in [0.15, 0.2) is 0 Å². The summed E-state index contributed by atoms with van der Waals surface area (Å²) in [5.74, 6) is 0.665. The van der Waals surface area contributed by atoms with Crippen molar-refractivity contribution in [3.8, 4) is 0 Å². The van der Waals surface area contributed by atoms with E-state index in [0.717, 1.165) is 37.4 Å². The highest BCUT2D eigenvalue weighted by Crippen LogP contribution is 2.28. The molecule has 5 heteroatoms. The van der Waals surface area contributed by atoms with Crippen molar-refractivity contribution < 1.29 is 9.53 Å². The van der Waals surface area contributed by atoms with Crippen LogP contribution >= 0.6 is 11.3 Å². The predicted octanol–water partition coefficient (Wildman–Crippen LogP) is 2.83. The molecule has 110 valence electrons. The summed E-state index contributed by atoms with van der Waals surface area (Å²) in [6.07, 6.45) is 7.14. The molecular weight excluding hydrogens is 272 g/mol. The van der Waals surface area contributed by atoms with Crippen LogP contribution in [0.15, 0.2) is 24.2 Å². The molecule has 1 aliphatic heterocycles. The summed E-state index contributed by atoms with van der Waals surface area (Å²) >= 11 is 1.69. The fourth-order valence-electron chi connectivity index (χ4n) is 2.49. The standard InChI is InChI=1S/C15H22N2O2S/c1-2-9-19-10-4-6-14(18)17-8-3-5-13(12-17)15-16-7-11-20-15/h2,7,11,13H,1,3-6,8-10,12H2. The molecule has 1 aliphatic rings. The van der Waals surface area contributed by atoms with Gasteiger partial charge in [-0.2, -0.15) is 0 Å². The molecule has 1 fully saturated rings. The third-order valence-electron chi connectivity index (χ3n) is 3.49. The lowest BCUT2D eigenvalue weighted by Crippen LogP contribution is -2.39. The molecule has 2 rings (SSSR count). The third-order valence-corrected chi connectivity index (χ3v) is 4.43. The van der Waals surface area contributed by atoms with Crippen molar-refractivity contribution in [3.63, 3.8) is 0 Å². The van der Waals surface area contributed by atoms with Crippen molar-refractivity contribution >= 4 is 17.2 Å². The number of hydrogen-bond acceptors (Lipinski definition) is 4. The topological polar surface area (TPSA) is 42.4 Å². The van der Waals surface area contributed by atoms with Crippen LogP contribution in [0.5, 0.6) is 0 Å². The summed E-state index contributed by atoms with van der Waals surface area (Å²) in [6, 6.07) is 0. The summed E-state index contributed by atoms with van der Waals surface area (Å²) in [5, 5.41) is 3.17. The third kappa shape index (κ3) is 4.42. The Hall–Kier alpha value is -1.20. The van der Waals surface area contributed by atoms with E-state index in [0.29, 0.717) is 25.6 Å². The SMILES string of the molecule is C=CCOCCCC(=O)N1CCCC(c2nccs2)C1. The molecule has 1 unspecified atom stereocenters. The smallest absolute Gasteiger partial charge is 0.222 e. The average Bonchev–Trinajstić information content (AvgIpc) is 3.01. The van der Waals surface area contributed by atoms with E-state index < -0.39 is 0 Å². The van der Waals surface area contributed by atoms with Crippen molar-refractivity contribution in [1.82, 2.24) is 9.88 Å². The molecule has 1 aromatic rings. The van der Waals surface area contributed by atoms with Gasteiger partial charge in [0.1, 0.15) is 0 Å². The molecule has 1 aromatic heterocycles. The van der Waals surface area contributed by atoms with Crippen LogP contribution < -0.4 is 0 Å². The number of amides is 1. The second-order valence-corrected chi connectivity index (χ2v) is 5.94. The maximum atomic E-state index is 12.2. The number of aromatic nitrogens is 1. The minimum Gasteiger partial charge on any atom is -0.377 e. The fourth-order valence-corrected chi connectivity index (χ4v) is 3.26. The number of nitrogens with zero attached hydrogens (tertiary/aromatic N) is 2. The van der Waals surface area contributed by atoms with Gasteiger partial charge in [0.2, 0.25) is 5.91 Å². The van der Waals surface area contributed by atoms with Crippen molar-refractivity contribution in [1.29, 1.82) is 0 Å². The molecule has 0 saturated carbocycles.